The summed E-state index contributed by atoms with van der Waals surface area (Å²) in [5, 5.41) is 5.72. The van der Waals surface area contributed by atoms with Crippen molar-refractivity contribution in [1.29, 1.82) is 0 Å². The number of hydrogen-bond acceptors (Lipinski definition) is 5. The van der Waals surface area contributed by atoms with Gasteiger partial charge in [0.1, 0.15) is 11.9 Å². The lowest BCUT2D eigenvalue weighted by Gasteiger charge is -2.30. The van der Waals surface area contributed by atoms with E-state index in [1.165, 1.54) is 32.9 Å². The highest BCUT2D eigenvalue weighted by Gasteiger charge is 2.41. The average Bonchev–Trinajstić information content (AvgIpc) is 3.18. The van der Waals surface area contributed by atoms with E-state index in [4.69, 9.17) is 5.73 Å². The van der Waals surface area contributed by atoms with E-state index < -0.39 is 46.0 Å². The van der Waals surface area contributed by atoms with Crippen LogP contribution < -0.4 is 16.4 Å². The van der Waals surface area contributed by atoms with Crippen LogP contribution in [0.25, 0.3) is 0 Å². The van der Waals surface area contributed by atoms with Gasteiger partial charge in [0, 0.05) is 43.3 Å². The fourth-order valence-electron chi connectivity index (χ4n) is 4.55. The van der Waals surface area contributed by atoms with Gasteiger partial charge in [0.15, 0.2) is 0 Å². The standard InChI is InChI=1S/C27H38FN5O4S/c1-4-14-32-15-16-33(38(32,36)37)20(3)27(35)31-25(18-21-8-6-5-7-9-21)24(29)17-19(2)26(34)30-23-12-10-22(28)11-13-23/h5-13,19-20,24-25H,4,14-18,29H2,1-3H3,(H,30,34)(H,31,35)/t19-,20+,24+,25+/m1/s1. The van der Waals surface area contributed by atoms with Crippen LogP contribution in [0.5, 0.6) is 0 Å². The number of nitrogens with two attached hydrogens (primary N) is 1. The molecule has 1 saturated heterocycles. The SMILES string of the molecule is CCCN1CCN([C@@H](C)C(=O)N[C@@H](Cc2ccccc2)[C@@H](N)C[C@@H](C)C(=O)Nc2ccc(F)cc2)S1(=O)=O. The smallest absolute Gasteiger partial charge is 0.282 e. The van der Waals surface area contributed by atoms with Crippen molar-refractivity contribution in [3.8, 4) is 0 Å². The molecule has 9 nitrogen and oxygen atoms in total. The van der Waals surface area contributed by atoms with Crippen molar-refractivity contribution in [2.24, 2.45) is 11.7 Å². The molecule has 1 heterocycles. The van der Waals surface area contributed by atoms with E-state index >= 15 is 0 Å². The summed E-state index contributed by atoms with van der Waals surface area (Å²) in [7, 11) is -3.71. The Morgan fingerprint density at radius 2 is 1.68 bits per heavy atom. The minimum atomic E-state index is -3.71. The molecule has 38 heavy (non-hydrogen) atoms. The third kappa shape index (κ3) is 7.59. The third-order valence-corrected chi connectivity index (χ3v) is 8.91. The first kappa shape index (κ1) is 29.7. The van der Waals surface area contributed by atoms with E-state index in [0.717, 1.165) is 5.56 Å². The summed E-state index contributed by atoms with van der Waals surface area (Å²) in [6, 6.07) is 13.0. The van der Waals surface area contributed by atoms with Crippen molar-refractivity contribution in [2.45, 2.75) is 58.2 Å². The minimum Gasteiger partial charge on any atom is -0.350 e. The number of nitrogens with zero attached hydrogens (tertiary/aromatic N) is 2. The molecule has 0 aliphatic carbocycles. The van der Waals surface area contributed by atoms with E-state index in [0.29, 0.717) is 31.6 Å². The summed E-state index contributed by atoms with van der Waals surface area (Å²) in [6.07, 6.45) is 1.38. The number of rotatable bonds is 12. The Morgan fingerprint density at radius 3 is 2.32 bits per heavy atom. The number of nitrogens with one attached hydrogen (secondary N) is 2. The molecule has 1 fully saturated rings. The highest BCUT2D eigenvalue weighted by atomic mass is 32.2. The summed E-state index contributed by atoms with van der Waals surface area (Å²) >= 11 is 0. The Labute approximate surface area is 224 Å². The Balaban J connectivity index is 1.69. The second-order valence-corrected chi connectivity index (χ2v) is 11.7. The monoisotopic (exact) mass is 547 g/mol. The Bertz CT molecular complexity index is 1180. The van der Waals surface area contributed by atoms with E-state index in [1.54, 1.807) is 13.8 Å². The molecule has 208 valence electrons. The van der Waals surface area contributed by atoms with Crippen molar-refractivity contribution in [3.63, 3.8) is 0 Å². The maximum Gasteiger partial charge on any atom is 0.282 e. The second kappa shape index (κ2) is 13.3. The summed E-state index contributed by atoms with van der Waals surface area (Å²) in [4.78, 5) is 26.0. The maximum absolute atomic E-state index is 13.3. The van der Waals surface area contributed by atoms with E-state index in [-0.39, 0.29) is 18.9 Å². The number of carbonyl (C=O) groups excluding carboxylic acids is 2. The van der Waals surface area contributed by atoms with Gasteiger partial charge in [0.2, 0.25) is 11.8 Å². The minimum absolute atomic E-state index is 0.243. The Morgan fingerprint density at radius 1 is 1.03 bits per heavy atom. The van der Waals surface area contributed by atoms with Gasteiger partial charge in [0.25, 0.3) is 10.2 Å². The first-order valence-electron chi connectivity index (χ1n) is 13.0. The molecule has 0 saturated carbocycles. The molecule has 1 aliphatic heterocycles. The van der Waals surface area contributed by atoms with Gasteiger partial charge in [-0.05, 0) is 56.0 Å². The largest absolute Gasteiger partial charge is 0.350 e. The lowest BCUT2D eigenvalue weighted by molar-refractivity contribution is -0.125. The van der Waals surface area contributed by atoms with Gasteiger partial charge < -0.3 is 16.4 Å². The molecule has 0 radical (unpaired) electrons. The van der Waals surface area contributed by atoms with Crippen molar-refractivity contribution < 1.29 is 22.4 Å². The van der Waals surface area contributed by atoms with Crippen LogP contribution in [-0.4, -0.2) is 66.6 Å². The zero-order valence-corrected chi connectivity index (χ0v) is 23.0. The van der Waals surface area contributed by atoms with Crippen LogP contribution in [-0.2, 0) is 26.2 Å². The lowest BCUT2D eigenvalue weighted by atomic mass is 9.92. The topological polar surface area (TPSA) is 125 Å². The summed E-state index contributed by atoms with van der Waals surface area (Å²) < 4.78 is 41.6. The summed E-state index contributed by atoms with van der Waals surface area (Å²) in [6.45, 7) is 6.22. The van der Waals surface area contributed by atoms with Gasteiger partial charge in [-0.15, -0.1) is 0 Å². The fourth-order valence-corrected chi connectivity index (χ4v) is 6.38. The molecule has 0 aromatic heterocycles. The van der Waals surface area contributed by atoms with E-state index in [1.807, 2.05) is 37.3 Å². The highest BCUT2D eigenvalue weighted by Crippen LogP contribution is 2.21. The van der Waals surface area contributed by atoms with Crippen LogP contribution in [0, 0.1) is 11.7 Å². The molecule has 1 aliphatic rings. The number of carbonyl (C=O) groups is 2. The first-order chi connectivity index (χ1) is 18.0. The van der Waals surface area contributed by atoms with Crippen LogP contribution in [0.15, 0.2) is 54.6 Å². The van der Waals surface area contributed by atoms with Crippen molar-refractivity contribution in [2.75, 3.05) is 25.0 Å². The molecular formula is C27H38FN5O4S. The molecule has 4 N–H and O–H groups in total. The molecule has 2 aromatic rings. The fraction of sp³-hybridized carbons (Fsp3) is 0.481. The Kier molecular flexibility index (Phi) is 10.4. The zero-order valence-electron chi connectivity index (χ0n) is 22.1. The van der Waals surface area contributed by atoms with Gasteiger partial charge in [0.05, 0.1) is 0 Å². The third-order valence-electron chi connectivity index (χ3n) is 6.80. The van der Waals surface area contributed by atoms with Crippen LogP contribution in [0.2, 0.25) is 0 Å². The van der Waals surface area contributed by atoms with Gasteiger partial charge >= 0.3 is 0 Å². The summed E-state index contributed by atoms with van der Waals surface area (Å²) in [5.41, 5.74) is 7.98. The van der Waals surface area contributed by atoms with Crippen LogP contribution in [0.4, 0.5) is 10.1 Å². The average molecular weight is 548 g/mol. The van der Waals surface area contributed by atoms with Crippen molar-refractivity contribution in [1.82, 2.24) is 13.9 Å². The molecule has 0 unspecified atom stereocenters. The molecule has 4 atom stereocenters. The molecule has 2 aromatic carbocycles. The second-order valence-electron chi connectivity index (χ2n) is 9.80. The predicted molar refractivity (Wildman–Crippen MR) is 146 cm³/mol. The highest BCUT2D eigenvalue weighted by molar-refractivity contribution is 7.87. The molecule has 11 heteroatoms. The normalized spacial score (nSPS) is 18.9. The maximum atomic E-state index is 13.3. The van der Waals surface area contributed by atoms with Gasteiger partial charge in [-0.2, -0.15) is 17.0 Å². The number of halogens is 1. The van der Waals surface area contributed by atoms with Crippen LogP contribution in [0.1, 0.15) is 39.2 Å². The van der Waals surface area contributed by atoms with Gasteiger partial charge in [-0.25, -0.2) is 4.39 Å². The van der Waals surface area contributed by atoms with Crippen molar-refractivity contribution in [3.05, 3.63) is 66.0 Å². The molecule has 0 bridgehead atoms. The van der Waals surface area contributed by atoms with Crippen LogP contribution >= 0.6 is 0 Å². The number of hydrogen-bond donors (Lipinski definition) is 3. The lowest BCUT2D eigenvalue weighted by Crippen LogP contribution is -2.55. The molecule has 3 rings (SSSR count). The molecule has 0 spiro atoms. The Hall–Kier alpha value is -2.86. The van der Waals surface area contributed by atoms with Crippen molar-refractivity contribution >= 4 is 27.7 Å². The quantitative estimate of drug-likeness (QED) is 0.377. The first-order valence-corrected chi connectivity index (χ1v) is 14.4. The zero-order chi connectivity index (χ0) is 27.9. The van der Waals surface area contributed by atoms with Gasteiger partial charge in [-0.1, -0.05) is 44.2 Å². The summed E-state index contributed by atoms with van der Waals surface area (Å²) in [5.74, 6) is -1.60. The number of amides is 2. The molecule has 2 amide bonds. The van der Waals surface area contributed by atoms with Gasteiger partial charge in [-0.3, -0.25) is 9.59 Å². The molecular weight excluding hydrogens is 509 g/mol. The number of anilines is 1. The predicted octanol–water partition coefficient (Wildman–Crippen LogP) is 2.51. The van der Waals surface area contributed by atoms with E-state index in [2.05, 4.69) is 10.6 Å². The van der Waals surface area contributed by atoms with E-state index in [9.17, 15) is 22.4 Å². The number of benzene rings is 2. The van der Waals surface area contributed by atoms with Crippen LogP contribution in [0.3, 0.4) is 0 Å².